The number of aliphatic hydroxyl groups is 1. The summed E-state index contributed by atoms with van der Waals surface area (Å²) in [6, 6.07) is 0. The molecule has 1 saturated heterocycles. The number of piperidine rings is 1. The molecule has 1 saturated carbocycles. The van der Waals surface area contributed by atoms with Crippen LogP contribution >= 0.6 is 0 Å². The lowest BCUT2D eigenvalue weighted by Crippen LogP contribution is -2.52. The first-order chi connectivity index (χ1) is 8.16. The van der Waals surface area contributed by atoms with E-state index in [4.69, 9.17) is 4.74 Å². The van der Waals surface area contributed by atoms with E-state index in [0.29, 0.717) is 17.8 Å². The molecule has 0 spiro atoms. The van der Waals surface area contributed by atoms with Crippen molar-refractivity contribution in [2.75, 3.05) is 32.8 Å². The highest BCUT2D eigenvalue weighted by Gasteiger charge is 2.37. The smallest absolute Gasteiger partial charge is 0.0620 e. The van der Waals surface area contributed by atoms with Gasteiger partial charge in [-0.3, -0.25) is 0 Å². The number of likely N-dealkylation sites (tertiary alicyclic amines) is 1. The molecule has 2 atom stereocenters. The molecule has 0 amide bonds. The molecule has 1 heterocycles. The number of fused-ring (bicyclic) bond motifs is 2. The van der Waals surface area contributed by atoms with Crippen molar-refractivity contribution in [1.82, 2.24) is 4.90 Å². The van der Waals surface area contributed by atoms with Crippen molar-refractivity contribution < 1.29 is 9.84 Å². The van der Waals surface area contributed by atoms with Crippen LogP contribution in [0.4, 0.5) is 0 Å². The predicted molar refractivity (Wildman–Crippen MR) is 68.9 cm³/mol. The average Bonchev–Trinajstić information content (AvgIpc) is 2.25. The highest BCUT2D eigenvalue weighted by Crippen LogP contribution is 2.34. The molecule has 2 aliphatic rings. The first kappa shape index (κ1) is 13.3. The fourth-order valence-corrected chi connectivity index (χ4v) is 3.20. The minimum atomic E-state index is -0.0309. The Morgan fingerprint density at radius 1 is 1.24 bits per heavy atom. The van der Waals surface area contributed by atoms with E-state index in [1.54, 1.807) is 0 Å². The number of hydrogen-bond donors (Lipinski definition) is 1. The highest BCUT2D eigenvalue weighted by molar-refractivity contribution is 4.90. The molecule has 1 aliphatic carbocycles. The molecule has 17 heavy (non-hydrogen) atoms. The van der Waals surface area contributed by atoms with E-state index < -0.39 is 0 Å². The molecule has 2 rings (SSSR count). The molecule has 0 aromatic heterocycles. The van der Waals surface area contributed by atoms with E-state index >= 15 is 0 Å². The first-order valence-electron chi connectivity index (χ1n) is 7.15. The third-order valence-corrected chi connectivity index (χ3v) is 4.10. The van der Waals surface area contributed by atoms with Gasteiger partial charge < -0.3 is 14.7 Å². The van der Waals surface area contributed by atoms with Crippen LogP contribution in [-0.2, 0) is 4.74 Å². The Balaban J connectivity index is 1.69. The van der Waals surface area contributed by atoms with Crippen molar-refractivity contribution in [1.29, 1.82) is 0 Å². The van der Waals surface area contributed by atoms with Crippen LogP contribution < -0.4 is 0 Å². The molecular weight excluding hydrogens is 214 g/mol. The minimum absolute atomic E-state index is 0.0309. The van der Waals surface area contributed by atoms with E-state index in [1.807, 2.05) is 0 Å². The van der Waals surface area contributed by atoms with Crippen LogP contribution in [0.2, 0.25) is 0 Å². The van der Waals surface area contributed by atoms with Gasteiger partial charge in [0.15, 0.2) is 0 Å². The second-order valence-corrected chi connectivity index (χ2v) is 6.17. The van der Waals surface area contributed by atoms with Gasteiger partial charge in [0.25, 0.3) is 0 Å². The van der Waals surface area contributed by atoms with Gasteiger partial charge in [-0.1, -0.05) is 20.3 Å². The number of rotatable bonds is 5. The van der Waals surface area contributed by atoms with E-state index in [2.05, 4.69) is 18.7 Å². The Morgan fingerprint density at radius 2 is 1.88 bits per heavy atom. The van der Waals surface area contributed by atoms with Gasteiger partial charge in [0.05, 0.1) is 12.7 Å². The van der Waals surface area contributed by atoms with E-state index in [-0.39, 0.29) is 6.10 Å². The van der Waals surface area contributed by atoms with Gasteiger partial charge in [0, 0.05) is 26.2 Å². The van der Waals surface area contributed by atoms with Gasteiger partial charge in [0.1, 0.15) is 0 Å². The largest absolute Gasteiger partial charge is 0.392 e. The Hall–Kier alpha value is -0.120. The molecular formula is C14H27NO2. The van der Waals surface area contributed by atoms with Crippen LogP contribution in [-0.4, -0.2) is 49.0 Å². The highest BCUT2D eigenvalue weighted by atomic mass is 16.5. The normalized spacial score (nSPS) is 34.2. The summed E-state index contributed by atoms with van der Waals surface area (Å²) < 4.78 is 5.64. The maximum absolute atomic E-state index is 10.1. The lowest BCUT2D eigenvalue weighted by atomic mass is 9.75. The molecule has 1 aliphatic heterocycles. The third kappa shape index (κ3) is 3.67. The van der Waals surface area contributed by atoms with Gasteiger partial charge in [-0.25, -0.2) is 0 Å². The SMILES string of the molecule is CC(C)COCCN1CC2CCCC(C1)C2O. The number of aliphatic hydroxyl groups excluding tert-OH is 1. The zero-order valence-electron chi connectivity index (χ0n) is 11.3. The molecule has 0 aromatic rings. The summed E-state index contributed by atoms with van der Waals surface area (Å²) in [5.41, 5.74) is 0. The van der Waals surface area contributed by atoms with Crippen molar-refractivity contribution in [2.45, 2.75) is 39.2 Å². The summed E-state index contributed by atoms with van der Waals surface area (Å²) in [5.74, 6) is 1.66. The van der Waals surface area contributed by atoms with E-state index in [9.17, 15) is 5.11 Å². The average molecular weight is 241 g/mol. The summed E-state index contributed by atoms with van der Waals surface area (Å²) in [6.45, 7) is 9.25. The lowest BCUT2D eigenvalue weighted by Gasteiger charge is -2.45. The quantitative estimate of drug-likeness (QED) is 0.744. The van der Waals surface area contributed by atoms with Crippen LogP contribution in [0.25, 0.3) is 0 Å². The molecule has 2 unspecified atom stereocenters. The maximum Gasteiger partial charge on any atom is 0.0620 e. The Kier molecular flexibility index (Phi) is 4.83. The van der Waals surface area contributed by atoms with Gasteiger partial charge in [0.2, 0.25) is 0 Å². The Labute approximate surface area is 105 Å². The van der Waals surface area contributed by atoms with Crippen LogP contribution in [0.1, 0.15) is 33.1 Å². The lowest BCUT2D eigenvalue weighted by molar-refractivity contribution is -0.0555. The van der Waals surface area contributed by atoms with E-state index in [1.165, 1.54) is 19.3 Å². The van der Waals surface area contributed by atoms with Gasteiger partial charge >= 0.3 is 0 Å². The topological polar surface area (TPSA) is 32.7 Å². The second-order valence-electron chi connectivity index (χ2n) is 6.17. The minimum Gasteiger partial charge on any atom is -0.392 e. The molecule has 3 heteroatoms. The van der Waals surface area contributed by atoms with Crippen LogP contribution in [0.15, 0.2) is 0 Å². The third-order valence-electron chi connectivity index (χ3n) is 4.10. The number of hydrogen-bond acceptors (Lipinski definition) is 3. The second kappa shape index (κ2) is 6.17. The van der Waals surface area contributed by atoms with E-state index in [0.717, 1.165) is 32.8 Å². The monoisotopic (exact) mass is 241 g/mol. The molecule has 2 bridgehead atoms. The van der Waals surface area contributed by atoms with Gasteiger partial charge in [-0.2, -0.15) is 0 Å². The summed E-state index contributed by atoms with van der Waals surface area (Å²) in [6.07, 6.45) is 3.70. The number of ether oxygens (including phenoxy) is 1. The van der Waals surface area contributed by atoms with Gasteiger partial charge in [-0.05, 0) is 30.6 Å². The molecule has 0 radical (unpaired) electrons. The first-order valence-corrected chi connectivity index (χ1v) is 7.15. The van der Waals surface area contributed by atoms with Gasteiger partial charge in [-0.15, -0.1) is 0 Å². The van der Waals surface area contributed by atoms with Crippen molar-refractivity contribution in [2.24, 2.45) is 17.8 Å². The zero-order chi connectivity index (χ0) is 12.3. The van der Waals surface area contributed by atoms with Crippen molar-refractivity contribution >= 4 is 0 Å². The predicted octanol–water partition coefficient (Wildman–Crippen LogP) is 1.75. The fourth-order valence-electron chi connectivity index (χ4n) is 3.20. The number of nitrogens with zero attached hydrogens (tertiary/aromatic N) is 1. The fraction of sp³-hybridized carbons (Fsp3) is 1.00. The molecule has 100 valence electrons. The van der Waals surface area contributed by atoms with Crippen molar-refractivity contribution in [3.8, 4) is 0 Å². The molecule has 1 N–H and O–H groups in total. The Morgan fingerprint density at radius 3 is 2.47 bits per heavy atom. The standard InChI is InChI=1S/C14H27NO2/c1-11(2)10-17-7-6-15-8-12-4-3-5-13(9-15)14(12)16/h11-14,16H,3-10H2,1-2H3. The maximum atomic E-state index is 10.1. The summed E-state index contributed by atoms with van der Waals surface area (Å²) in [4.78, 5) is 2.49. The molecule has 2 fully saturated rings. The molecule has 0 aromatic carbocycles. The zero-order valence-corrected chi connectivity index (χ0v) is 11.3. The summed E-state index contributed by atoms with van der Waals surface area (Å²) >= 11 is 0. The van der Waals surface area contributed by atoms with Crippen molar-refractivity contribution in [3.05, 3.63) is 0 Å². The Bertz CT molecular complexity index is 218. The van der Waals surface area contributed by atoms with Crippen LogP contribution in [0, 0.1) is 17.8 Å². The van der Waals surface area contributed by atoms with Crippen molar-refractivity contribution in [3.63, 3.8) is 0 Å². The molecule has 3 nitrogen and oxygen atoms in total. The summed E-state index contributed by atoms with van der Waals surface area (Å²) in [5, 5.41) is 10.1. The van der Waals surface area contributed by atoms with Crippen LogP contribution in [0.3, 0.4) is 0 Å². The summed E-state index contributed by atoms with van der Waals surface area (Å²) in [7, 11) is 0. The van der Waals surface area contributed by atoms with Crippen LogP contribution in [0.5, 0.6) is 0 Å².